The van der Waals surface area contributed by atoms with Crippen molar-refractivity contribution in [2.24, 2.45) is 5.11 Å². The van der Waals surface area contributed by atoms with Crippen LogP contribution < -0.4 is 0 Å². The van der Waals surface area contributed by atoms with Crippen LogP contribution in [0, 0.1) is 0 Å². The Labute approximate surface area is 122 Å². The van der Waals surface area contributed by atoms with Crippen molar-refractivity contribution in [2.45, 2.75) is 51.4 Å². The van der Waals surface area contributed by atoms with E-state index in [1.165, 1.54) is 0 Å². The maximum absolute atomic E-state index is 12.3. The van der Waals surface area contributed by atoms with Crippen LogP contribution in [0.3, 0.4) is 0 Å². The monoisotopic (exact) mass is 293 g/mol. The molecule has 0 aliphatic carbocycles. The highest BCUT2D eigenvalue weighted by Crippen LogP contribution is 2.24. The first kappa shape index (κ1) is 15.1. The van der Waals surface area contributed by atoms with Gasteiger partial charge in [-0.05, 0) is 32.7 Å². The normalized spacial score (nSPS) is 22.0. The third-order valence-corrected chi connectivity index (χ3v) is 3.11. The van der Waals surface area contributed by atoms with E-state index in [1.807, 2.05) is 20.8 Å². The van der Waals surface area contributed by atoms with Crippen molar-refractivity contribution < 1.29 is 9.53 Å². The molecule has 0 bridgehead atoms. The number of aromatic nitrogens is 3. The van der Waals surface area contributed by atoms with Crippen LogP contribution in [0.4, 0.5) is 4.79 Å². The molecule has 1 saturated heterocycles. The molecule has 0 saturated carbocycles. The molecule has 1 aliphatic rings. The molecule has 1 aliphatic heterocycles. The zero-order valence-electron chi connectivity index (χ0n) is 12.4. The third-order valence-electron chi connectivity index (χ3n) is 3.11. The Morgan fingerprint density at radius 1 is 1.57 bits per heavy atom. The van der Waals surface area contributed by atoms with Gasteiger partial charge in [0.05, 0.1) is 24.8 Å². The van der Waals surface area contributed by atoms with Gasteiger partial charge in [-0.1, -0.05) is 10.3 Å². The van der Waals surface area contributed by atoms with Crippen molar-refractivity contribution in [3.8, 4) is 0 Å². The van der Waals surface area contributed by atoms with E-state index in [1.54, 1.807) is 22.0 Å². The number of carbonyl (C=O) groups is 1. The lowest BCUT2D eigenvalue weighted by molar-refractivity contribution is 0.0209. The Kier molecular flexibility index (Phi) is 4.32. The summed E-state index contributed by atoms with van der Waals surface area (Å²) in [5.74, 6) is 0. The number of hydrogen-bond donors (Lipinski definition) is 0. The largest absolute Gasteiger partial charge is 0.444 e. The standard InChI is InChI=1S/C12H19N7O2/c1-12(2,3)21-11(20)19-7-9(15-16-13)6-10(19)8-18-5-4-14-17-18/h4-5,9-10H,6-8H2,1-3H3/t9-,10+/m1/s1. The van der Waals surface area contributed by atoms with Gasteiger partial charge in [0, 0.05) is 17.7 Å². The van der Waals surface area contributed by atoms with Crippen LogP contribution in [0.5, 0.6) is 0 Å². The minimum atomic E-state index is -0.564. The third kappa shape index (κ3) is 4.09. The molecular weight excluding hydrogens is 274 g/mol. The fourth-order valence-corrected chi connectivity index (χ4v) is 2.31. The van der Waals surface area contributed by atoms with Gasteiger partial charge in [-0.15, -0.1) is 5.10 Å². The lowest BCUT2D eigenvalue weighted by Gasteiger charge is -2.28. The van der Waals surface area contributed by atoms with Crippen molar-refractivity contribution in [1.82, 2.24) is 19.9 Å². The number of rotatable bonds is 3. The van der Waals surface area contributed by atoms with Crippen molar-refractivity contribution in [1.29, 1.82) is 0 Å². The second-order valence-electron chi connectivity index (χ2n) is 6.01. The van der Waals surface area contributed by atoms with Crippen molar-refractivity contribution >= 4 is 6.09 Å². The van der Waals surface area contributed by atoms with Crippen LogP contribution in [-0.2, 0) is 11.3 Å². The van der Waals surface area contributed by atoms with E-state index in [2.05, 4.69) is 20.3 Å². The summed E-state index contributed by atoms with van der Waals surface area (Å²) in [4.78, 5) is 16.7. The molecule has 1 aromatic rings. The van der Waals surface area contributed by atoms with Crippen molar-refractivity contribution in [2.75, 3.05) is 6.54 Å². The van der Waals surface area contributed by atoms with E-state index in [4.69, 9.17) is 10.3 Å². The van der Waals surface area contributed by atoms with Gasteiger partial charge >= 0.3 is 6.09 Å². The molecule has 9 heteroatoms. The average Bonchev–Trinajstić information content (AvgIpc) is 2.98. The smallest absolute Gasteiger partial charge is 0.410 e. The second kappa shape index (κ2) is 6.01. The average molecular weight is 293 g/mol. The Morgan fingerprint density at radius 2 is 2.33 bits per heavy atom. The summed E-state index contributed by atoms with van der Waals surface area (Å²) in [6, 6.07) is -0.368. The molecule has 0 unspecified atom stereocenters. The quantitative estimate of drug-likeness (QED) is 0.482. The number of nitrogens with zero attached hydrogens (tertiary/aromatic N) is 7. The molecule has 1 amide bonds. The van der Waals surface area contributed by atoms with Crippen molar-refractivity contribution in [3.05, 3.63) is 22.8 Å². The van der Waals surface area contributed by atoms with E-state index in [0.29, 0.717) is 19.5 Å². The van der Waals surface area contributed by atoms with Gasteiger partial charge in [0.25, 0.3) is 0 Å². The first-order valence-corrected chi connectivity index (χ1v) is 6.77. The van der Waals surface area contributed by atoms with Gasteiger partial charge in [-0.2, -0.15) is 0 Å². The Hall–Kier alpha value is -2.28. The molecule has 0 radical (unpaired) electrons. The van der Waals surface area contributed by atoms with Crippen LogP contribution in [0.2, 0.25) is 0 Å². The number of hydrogen-bond acceptors (Lipinski definition) is 5. The van der Waals surface area contributed by atoms with E-state index >= 15 is 0 Å². The number of carbonyl (C=O) groups excluding carboxylic acids is 1. The summed E-state index contributed by atoms with van der Waals surface area (Å²) < 4.78 is 7.06. The summed E-state index contributed by atoms with van der Waals surface area (Å²) in [7, 11) is 0. The van der Waals surface area contributed by atoms with Gasteiger partial charge in [0.15, 0.2) is 0 Å². The fourth-order valence-electron chi connectivity index (χ4n) is 2.31. The molecular formula is C12H19N7O2. The second-order valence-corrected chi connectivity index (χ2v) is 6.01. The zero-order valence-corrected chi connectivity index (χ0v) is 12.4. The lowest BCUT2D eigenvalue weighted by Crippen LogP contribution is -2.41. The SMILES string of the molecule is CC(C)(C)OC(=O)N1C[C@H](N=[N+]=[N-])C[C@H]1Cn1ccnn1. The molecule has 114 valence electrons. The summed E-state index contributed by atoms with van der Waals surface area (Å²) >= 11 is 0. The predicted octanol–water partition coefficient (Wildman–Crippen LogP) is 1.97. The highest BCUT2D eigenvalue weighted by molar-refractivity contribution is 5.69. The summed E-state index contributed by atoms with van der Waals surface area (Å²) in [6.45, 7) is 6.31. The lowest BCUT2D eigenvalue weighted by atomic mass is 10.2. The first-order chi connectivity index (χ1) is 9.89. The summed E-state index contributed by atoms with van der Waals surface area (Å²) in [5, 5.41) is 11.4. The van der Waals surface area contributed by atoms with Crippen LogP contribution in [-0.4, -0.2) is 50.2 Å². The first-order valence-electron chi connectivity index (χ1n) is 6.77. The van der Waals surface area contributed by atoms with E-state index in [0.717, 1.165) is 0 Å². The molecule has 1 fully saturated rings. The number of azide groups is 1. The van der Waals surface area contributed by atoms with E-state index in [-0.39, 0.29) is 12.1 Å². The Balaban J connectivity index is 2.10. The zero-order chi connectivity index (χ0) is 15.5. The maximum Gasteiger partial charge on any atom is 0.410 e. The van der Waals surface area contributed by atoms with E-state index in [9.17, 15) is 4.79 Å². The molecule has 2 rings (SSSR count). The molecule has 0 aromatic carbocycles. The van der Waals surface area contributed by atoms with Gasteiger partial charge in [0.1, 0.15) is 5.60 Å². The molecule has 0 spiro atoms. The molecule has 9 nitrogen and oxygen atoms in total. The van der Waals surface area contributed by atoms with Crippen LogP contribution in [0.1, 0.15) is 27.2 Å². The molecule has 2 atom stereocenters. The maximum atomic E-state index is 12.3. The number of amides is 1. The summed E-state index contributed by atoms with van der Waals surface area (Å²) in [6.07, 6.45) is 3.50. The minimum absolute atomic E-state index is 0.128. The highest BCUT2D eigenvalue weighted by Gasteiger charge is 2.37. The molecule has 21 heavy (non-hydrogen) atoms. The van der Waals surface area contributed by atoms with Crippen LogP contribution in [0.25, 0.3) is 10.4 Å². The number of likely N-dealkylation sites (tertiary alicyclic amines) is 1. The van der Waals surface area contributed by atoms with E-state index < -0.39 is 11.7 Å². The molecule has 0 N–H and O–H groups in total. The topological polar surface area (TPSA) is 109 Å². The minimum Gasteiger partial charge on any atom is -0.444 e. The van der Waals surface area contributed by atoms with Gasteiger partial charge < -0.3 is 9.64 Å². The molecule has 2 heterocycles. The highest BCUT2D eigenvalue weighted by atomic mass is 16.6. The predicted molar refractivity (Wildman–Crippen MR) is 74.3 cm³/mol. The van der Waals surface area contributed by atoms with Crippen molar-refractivity contribution in [3.63, 3.8) is 0 Å². The summed E-state index contributed by atoms with van der Waals surface area (Å²) in [5.41, 5.74) is 8.01. The molecule has 1 aromatic heterocycles. The van der Waals surface area contributed by atoms with Gasteiger partial charge in [-0.3, -0.25) is 4.68 Å². The Bertz CT molecular complexity index is 530. The van der Waals surface area contributed by atoms with Crippen LogP contribution in [0.15, 0.2) is 17.5 Å². The fraction of sp³-hybridized carbons (Fsp3) is 0.750. The van der Waals surface area contributed by atoms with Gasteiger partial charge in [0.2, 0.25) is 0 Å². The Morgan fingerprint density at radius 3 is 2.90 bits per heavy atom. The van der Waals surface area contributed by atoms with Gasteiger partial charge in [-0.25, -0.2) is 4.79 Å². The number of ether oxygens (including phenoxy) is 1. The van der Waals surface area contributed by atoms with Crippen LogP contribution >= 0.6 is 0 Å².